The van der Waals surface area contributed by atoms with Crippen LogP contribution >= 0.6 is 23.2 Å². The molecule has 1 aliphatic rings. The first-order valence-corrected chi connectivity index (χ1v) is 7.44. The molecule has 1 fully saturated rings. The Kier molecular flexibility index (Phi) is 37.9. The van der Waals surface area contributed by atoms with E-state index in [2.05, 4.69) is 13.8 Å². The SMILES string of the molecule is C/C=C/C(Cl)CC.C1CCOC1.CCC(C)Cl.[K+].[OH-]. The molecule has 1 saturated heterocycles. The first-order chi connectivity index (χ1) is 8.08. The molecule has 1 N–H and O–H groups in total. The van der Waals surface area contributed by atoms with Crippen LogP contribution < -0.4 is 51.4 Å². The van der Waals surface area contributed by atoms with Gasteiger partial charge in [0, 0.05) is 18.6 Å². The van der Waals surface area contributed by atoms with E-state index in [1.54, 1.807) is 0 Å². The standard InChI is InChI=1S/C6H11Cl.C4H9Cl.C4H8O.K.H2O/c1-3-5-6(7)4-2;1-3-4(2)5;1-2-4-5-3-1;;/h3,5-6H,4H2,1-2H3;4H,3H2,1-2H3;1-4H2;;1H2/q;;;+1;/p-1/b5-3+;;;;. The fraction of sp³-hybridized carbons (Fsp3) is 0.857. The van der Waals surface area contributed by atoms with E-state index in [0.717, 1.165) is 26.1 Å². The molecule has 19 heavy (non-hydrogen) atoms. The van der Waals surface area contributed by atoms with Gasteiger partial charge in [-0.3, -0.25) is 0 Å². The molecule has 0 aromatic carbocycles. The summed E-state index contributed by atoms with van der Waals surface area (Å²) in [5, 5.41) is 0.597. The first-order valence-electron chi connectivity index (χ1n) is 6.57. The molecule has 1 heterocycles. The second-order valence-corrected chi connectivity index (χ2v) is 5.26. The van der Waals surface area contributed by atoms with Gasteiger partial charge >= 0.3 is 51.4 Å². The molecular weight excluding hydrogens is 310 g/mol. The predicted molar refractivity (Wildman–Crippen MR) is 82.3 cm³/mol. The second kappa shape index (κ2) is 24.9. The number of hydrogen-bond donors (Lipinski definition) is 0. The van der Waals surface area contributed by atoms with Crippen molar-refractivity contribution in [2.45, 2.75) is 64.1 Å². The Morgan fingerprint density at radius 3 is 1.63 bits per heavy atom. The van der Waals surface area contributed by atoms with Crippen LogP contribution in [-0.2, 0) is 4.74 Å². The molecule has 0 radical (unpaired) electrons. The number of alkyl halides is 2. The van der Waals surface area contributed by atoms with Crippen molar-refractivity contribution in [3.05, 3.63) is 12.2 Å². The average Bonchev–Trinajstić information content (AvgIpc) is 2.88. The summed E-state index contributed by atoms with van der Waals surface area (Å²) in [6.45, 7) is 10.1. The zero-order valence-corrected chi connectivity index (χ0v) is 17.8. The smallest absolute Gasteiger partial charge is 0.870 e. The number of hydrogen-bond acceptors (Lipinski definition) is 2. The Bertz CT molecular complexity index is 156. The Hall–Kier alpha value is 1.88. The van der Waals surface area contributed by atoms with Gasteiger partial charge < -0.3 is 10.2 Å². The Balaban J connectivity index is -0.0000000857. The molecule has 2 nitrogen and oxygen atoms in total. The van der Waals surface area contributed by atoms with E-state index >= 15 is 0 Å². The largest absolute Gasteiger partial charge is 1.00 e. The van der Waals surface area contributed by atoms with Crippen LogP contribution in [0, 0.1) is 0 Å². The van der Waals surface area contributed by atoms with Gasteiger partial charge in [-0.25, -0.2) is 0 Å². The van der Waals surface area contributed by atoms with E-state index in [1.165, 1.54) is 12.8 Å². The summed E-state index contributed by atoms with van der Waals surface area (Å²) >= 11 is 11.1. The van der Waals surface area contributed by atoms with Gasteiger partial charge in [-0.15, -0.1) is 23.2 Å². The number of allylic oxidation sites excluding steroid dienone is 2. The molecule has 1 aliphatic heterocycles. The van der Waals surface area contributed by atoms with Crippen molar-refractivity contribution in [2.75, 3.05) is 13.2 Å². The van der Waals surface area contributed by atoms with Crippen molar-refractivity contribution in [3.63, 3.8) is 0 Å². The fourth-order valence-electron chi connectivity index (χ4n) is 0.855. The molecule has 0 aromatic heterocycles. The van der Waals surface area contributed by atoms with Crippen molar-refractivity contribution >= 4 is 23.2 Å². The van der Waals surface area contributed by atoms with Gasteiger partial charge in [0.05, 0.1) is 5.38 Å². The first kappa shape index (κ1) is 29.0. The third kappa shape index (κ3) is 33.0. The summed E-state index contributed by atoms with van der Waals surface area (Å²) in [4.78, 5) is 0. The van der Waals surface area contributed by atoms with E-state index in [-0.39, 0.29) is 62.2 Å². The Labute approximate surface area is 172 Å². The van der Waals surface area contributed by atoms with Gasteiger partial charge in [0.25, 0.3) is 0 Å². The monoisotopic (exact) mass is 338 g/mol. The van der Waals surface area contributed by atoms with Crippen molar-refractivity contribution in [1.82, 2.24) is 0 Å². The van der Waals surface area contributed by atoms with Crippen molar-refractivity contribution < 1.29 is 61.6 Å². The molecule has 2 atom stereocenters. The molecule has 5 heteroatoms. The Morgan fingerprint density at radius 1 is 1.11 bits per heavy atom. The van der Waals surface area contributed by atoms with Gasteiger partial charge in [0.15, 0.2) is 0 Å². The van der Waals surface area contributed by atoms with Gasteiger partial charge in [-0.1, -0.05) is 26.0 Å². The van der Waals surface area contributed by atoms with Crippen LogP contribution in [0.15, 0.2) is 12.2 Å². The van der Waals surface area contributed by atoms with Crippen LogP contribution in [-0.4, -0.2) is 29.4 Å². The molecule has 0 saturated carbocycles. The molecular formula is C14H29Cl2KO2. The summed E-state index contributed by atoms with van der Waals surface area (Å²) in [5.74, 6) is 0. The topological polar surface area (TPSA) is 39.2 Å². The molecule has 0 aromatic rings. The predicted octanol–water partition coefficient (Wildman–Crippen LogP) is 2.23. The minimum absolute atomic E-state index is 0. The summed E-state index contributed by atoms with van der Waals surface area (Å²) in [6.07, 6.45) is 8.61. The van der Waals surface area contributed by atoms with E-state index in [4.69, 9.17) is 27.9 Å². The zero-order chi connectivity index (χ0) is 13.5. The maximum Gasteiger partial charge on any atom is 1.00 e. The minimum Gasteiger partial charge on any atom is -0.870 e. The summed E-state index contributed by atoms with van der Waals surface area (Å²) in [7, 11) is 0. The van der Waals surface area contributed by atoms with Crippen molar-refractivity contribution in [1.29, 1.82) is 0 Å². The summed E-state index contributed by atoms with van der Waals surface area (Å²) in [6, 6.07) is 0. The van der Waals surface area contributed by atoms with Gasteiger partial charge in [-0.05, 0) is 39.5 Å². The van der Waals surface area contributed by atoms with Crippen LogP contribution in [0.5, 0.6) is 0 Å². The number of halogens is 2. The van der Waals surface area contributed by atoms with Crippen LogP contribution in [0.3, 0.4) is 0 Å². The minimum atomic E-state index is 0. The number of rotatable bonds is 3. The molecule has 0 amide bonds. The molecule has 0 spiro atoms. The molecule has 112 valence electrons. The van der Waals surface area contributed by atoms with E-state index < -0.39 is 0 Å². The fourth-order valence-corrected chi connectivity index (χ4v) is 1.00. The Morgan fingerprint density at radius 2 is 1.53 bits per heavy atom. The van der Waals surface area contributed by atoms with Crippen LogP contribution in [0.1, 0.15) is 53.4 Å². The zero-order valence-electron chi connectivity index (χ0n) is 13.2. The van der Waals surface area contributed by atoms with Crippen LogP contribution in [0.4, 0.5) is 0 Å². The quantitative estimate of drug-likeness (QED) is 0.449. The maximum absolute atomic E-state index is 5.68. The maximum atomic E-state index is 5.68. The molecule has 0 bridgehead atoms. The second-order valence-electron chi connectivity index (χ2n) is 3.96. The third-order valence-electron chi connectivity index (χ3n) is 2.18. The summed E-state index contributed by atoms with van der Waals surface area (Å²) in [5.41, 5.74) is 0. The van der Waals surface area contributed by atoms with E-state index in [1.807, 2.05) is 26.0 Å². The van der Waals surface area contributed by atoms with Crippen molar-refractivity contribution in [2.24, 2.45) is 0 Å². The average molecular weight is 339 g/mol. The van der Waals surface area contributed by atoms with Crippen LogP contribution in [0.2, 0.25) is 0 Å². The molecule has 0 aliphatic carbocycles. The molecule has 2 unspecified atom stereocenters. The van der Waals surface area contributed by atoms with Gasteiger partial charge in [0.1, 0.15) is 0 Å². The van der Waals surface area contributed by atoms with Crippen LogP contribution in [0.25, 0.3) is 0 Å². The number of ether oxygens (including phenoxy) is 1. The normalized spacial score (nSPS) is 15.9. The van der Waals surface area contributed by atoms with Gasteiger partial charge in [0.2, 0.25) is 0 Å². The molecule has 1 rings (SSSR count). The van der Waals surface area contributed by atoms with Crippen molar-refractivity contribution in [3.8, 4) is 0 Å². The van der Waals surface area contributed by atoms with Gasteiger partial charge in [-0.2, -0.15) is 0 Å². The van der Waals surface area contributed by atoms with E-state index in [0.29, 0.717) is 5.38 Å². The third-order valence-corrected chi connectivity index (χ3v) is 2.94. The summed E-state index contributed by atoms with van der Waals surface area (Å²) < 4.78 is 4.94. The van der Waals surface area contributed by atoms with E-state index in [9.17, 15) is 0 Å².